The van der Waals surface area contributed by atoms with Crippen LogP contribution in [0.5, 0.6) is 0 Å². The van der Waals surface area contributed by atoms with Crippen LogP contribution in [0.2, 0.25) is 0 Å². The molecule has 0 spiro atoms. The van der Waals surface area contributed by atoms with Crippen LogP contribution in [0.3, 0.4) is 0 Å². The van der Waals surface area contributed by atoms with E-state index in [-0.39, 0.29) is 0 Å². The third-order valence-corrected chi connectivity index (χ3v) is 3.17. The topological polar surface area (TPSA) is 57.0 Å². The molecule has 2 N–H and O–H groups in total. The zero-order chi connectivity index (χ0) is 13.2. The van der Waals surface area contributed by atoms with Crippen molar-refractivity contribution >= 4 is 5.82 Å². The molecule has 19 heavy (non-hydrogen) atoms. The van der Waals surface area contributed by atoms with Crippen LogP contribution in [-0.2, 0) is 6.54 Å². The van der Waals surface area contributed by atoms with E-state index in [4.69, 9.17) is 10.2 Å². The summed E-state index contributed by atoms with van der Waals surface area (Å²) >= 11 is 0. The van der Waals surface area contributed by atoms with Crippen molar-refractivity contribution in [3.05, 3.63) is 59.9 Å². The predicted octanol–water partition coefficient (Wildman–Crippen LogP) is 3.08. The third kappa shape index (κ3) is 2.25. The van der Waals surface area contributed by atoms with Gasteiger partial charge in [0.15, 0.2) is 5.76 Å². The maximum Gasteiger partial charge on any atom is 0.154 e. The molecule has 0 amide bonds. The number of furan rings is 1. The van der Waals surface area contributed by atoms with E-state index in [0.29, 0.717) is 12.4 Å². The van der Waals surface area contributed by atoms with Gasteiger partial charge in [-0.3, -0.25) is 0 Å². The molecule has 96 valence electrons. The lowest BCUT2D eigenvalue weighted by Crippen LogP contribution is -2.06. The van der Waals surface area contributed by atoms with E-state index in [0.717, 1.165) is 11.5 Å². The normalized spacial score (nSPS) is 10.8. The summed E-state index contributed by atoms with van der Waals surface area (Å²) in [5.41, 5.74) is 9.21. The fraction of sp³-hybridized carbons (Fsp3) is 0.133. The van der Waals surface area contributed by atoms with E-state index in [1.165, 1.54) is 11.1 Å². The summed E-state index contributed by atoms with van der Waals surface area (Å²) in [6.45, 7) is 2.75. The van der Waals surface area contributed by atoms with Crippen molar-refractivity contribution in [2.45, 2.75) is 13.5 Å². The van der Waals surface area contributed by atoms with Crippen molar-refractivity contribution < 1.29 is 4.42 Å². The molecule has 0 aliphatic rings. The fourth-order valence-corrected chi connectivity index (χ4v) is 2.05. The summed E-state index contributed by atoms with van der Waals surface area (Å²) in [6.07, 6.45) is 1.63. The van der Waals surface area contributed by atoms with Gasteiger partial charge in [0.1, 0.15) is 11.5 Å². The number of hydrogen-bond acceptors (Lipinski definition) is 3. The molecular formula is C15H15N3O. The number of aromatic nitrogens is 2. The highest BCUT2D eigenvalue weighted by Crippen LogP contribution is 2.21. The number of nitrogens with two attached hydrogens (primary N) is 1. The molecule has 3 rings (SSSR count). The van der Waals surface area contributed by atoms with Crippen LogP contribution in [0.4, 0.5) is 5.82 Å². The van der Waals surface area contributed by atoms with Crippen molar-refractivity contribution in [1.29, 1.82) is 0 Å². The van der Waals surface area contributed by atoms with Crippen molar-refractivity contribution in [1.82, 2.24) is 9.78 Å². The van der Waals surface area contributed by atoms with Crippen molar-refractivity contribution in [3.63, 3.8) is 0 Å². The molecule has 1 aromatic carbocycles. The first-order chi connectivity index (χ1) is 9.24. The molecule has 0 saturated carbocycles. The summed E-state index contributed by atoms with van der Waals surface area (Å²) in [4.78, 5) is 0. The number of anilines is 1. The van der Waals surface area contributed by atoms with E-state index < -0.39 is 0 Å². The van der Waals surface area contributed by atoms with Crippen LogP contribution < -0.4 is 5.73 Å². The number of nitrogens with zero attached hydrogens (tertiary/aromatic N) is 2. The maximum absolute atomic E-state index is 6.00. The molecule has 0 saturated heterocycles. The van der Waals surface area contributed by atoms with Gasteiger partial charge in [-0.2, -0.15) is 5.10 Å². The number of aryl methyl sites for hydroxylation is 1. The first-order valence-electron chi connectivity index (χ1n) is 6.16. The van der Waals surface area contributed by atoms with Crippen LogP contribution >= 0.6 is 0 Å². The Kier molecular flexibility index (Phi) is 2.83. The largest absolute Gasteiger partial charge is 0.463 e. The highest BCUT2D eigenvalue weighted by atomic mass is 16.3. The van der Waals surface area contributed by atoms with E-state index in [1.54, 1.807) is 10.9 Å². The van der Waals surface area contributed by atoms with Gasteiger partial charge in [-0.15, -0.1) is 0 Å². The molecule has 4 nitrogen and oxygen atoms in total. The standard InChI is InChI=1S/C15H15N3O/c1-11-5-2-3-6-12(11)10-18-15(16)9-13(17-18)14-7-4-8-19-14/h2-9H,10,16H2,1H3. The van der Waals surface area contributed by atoms with Crippen molar-refractivity contribution in [2.75, 3.05) is 5.73 Å². The Morgan fingerprint density at radius 3 is 2.79 bits per heavy atom. The summed E-state index contributed by atoms with van der Waals surface area (Å²) in [5.74, 6) is 1.37. The van der Waals surface area contributed by atoms with Crippen LogP contribution in [0.15, 0.2) is 53.1 Å². The van der Waals surface area contributed by atoms with Gasteiger partial charge in [0.2, 0.25) is 0 Å². The van der Waals surface area contributed by atoms with Gasteiger partial charge in [-0.25, -0.2) is 4.68 Å². The Morgan fingerprint density at radius 2 is 2.05 bits per heavy atom. The minimum atomic E-state index is 0.634. The zero-order valence-electron chi connectivity index (χ0n) is 10.7. The molecule has 0 fully saturated rings. The predicted molar refractivity (Wildman–Crippen MR) is 74.6 cm³/mol. The Labute approximate surface area is 111 Å². The number of hydrogen-bond donors (Lipinski definition) is 1. The highest BCUT2D eigenvalue weighted by Gasteiger charge is 2.10. The first kappa shape index (κ1) is 11.6. The van der Waals surface area contributed by atoms with Gasteiger partial charge >= 0.3 is 0 Å². The lowest BCUT2D eigenvalue weighted by Gasteiger charge is -2.06. The molecule has 2 aromatic heterocycles. The van der Waals surface area contributed by atoms with Gasteiger partial charge < -0.3 is 10.2 Å². The Bertz CT molecular complexity index is 683. The molecule has 2 heterocycles. The summed E-state index contributed by atoms with van der Waals surface area (Å²) in [7, 11) is 0. The Morgan fingerprint density at radius 1 is 1.21 bits per heavy atom. The smallest absolute Gasteiger partial charge is 0.154 e. The van der Waals surface area contributed by atoms with E-state index in [9.17, 15) is 0 Å². The highest BCUT2D eigenvalue weighted by molar-refractivity contribution is 5.56. The summed E-state index contributed by atoms with van der Waals surface area (Å²) in [5, 5.41) is 4.49. The van der Waals surface area contributed by atoms with Gasteiger partial charge in [0, 0.05) is 6.07 Å². The molecule has 0 bridgehead atoms. The number of benzene rings is 1. The van der Waals surface area contributed by atoms with Gasteiger partial charge in [0.25, 0.3) is 0 Å². The number of rotatable bonds is 3. The van der Waals surface area contributed by atoms with Crippen LogP contribution in [0.25, 0.3) is 11.5 Å². The molecular weight excluding hydrogens is 238 g/mol. The third-order valence-electron chi connectivity index (χ3n) is 3.17. The minimum absolute atomic E-state index is 0.634. The average molecular weight is 253 g/mol. The SMILES string of the molecule is Cc1ccccc1Cn1nc(-c2ccco2)cc1N. The first-order valence-corrected chi connectivity index (χ1v) is 6.16. The molecule has 0 aliphatic heterocycles. The van der Waals surface area contributed by atoms with Gasteiger partial charge in [-0.05, 0) is 30.2 Å². The van der Waals surface area contributed by atoms with E-state index in [2.05, 4.69) is 24.2 Å². The second-order valence-electron chi connectivity index (χ2n) is 4.52. The Hall–Kier alpha value is -2.49. The second-order valence-corrected chi connectivity index (χ2v) is 4.52. The van der Waals surface area contributed by atoms with Gasteiger partial charge in [-0.1, -0.05) is 24.3 Å². The molecule has 4 heteroatoms. The molecule has 0 atom stereocenters. The number of nitrogen functional groups attached to an aromatic ring is 1. The van der Waals surface area contributed by atoms with E-state index >= 15 is 0 Å². The van der Waals surface area contributed by atoms with Crippen molar-refractivity contribution in [3.8, 4) is 11.5 Å². The molecule has 0 radical (unpaired) electrons. The zero-order valence-corrected chi connectivity index (χ0v) is 10.7. The average Bonchev–Trinajstić information content (AvgIpc) is 3.02. The van der Waals surface area contributed by atoms with E-state index in [1.807, 2.05) is 30.3 Å². The van der Waals surface area contributed by atoms with Gasteiger partial charge in [0.05, 0.1) is 12.8 Å². The lowest BCUT2D eigenvalue weighted by atomic mass is 10.1. The second kappa shape index (κ2) is 4.65. The minimum Gasteiger partial charge on any atom is -0.463 e. The molecule has 0 aliphatic carbocycles. The monoisotopic (exact) mass is 253 g/mol. The van der Waals surface area contributed by atoms with Crippen molar-refractivity contribution in [2.24, 2.45) is 0 Å². The van der Waals surface area contributed by atoms with Crippen LogP contribution in [0, 0.1) is 6.92 Å². The van der Waals surface area contributed by atoms with Crippen LogP contribution in [-0.4, -0.2) is 9.78 Å². The maximum atomic E-state index is 6.00. The summed E-state index contributed by atoms with van der Waals surface area (Å²) in [6, 6.07) is 13.8. The van der Waals surface area contributed by atoms with Crippen LogP contribution in [0.1, 0.15) is 11.1 Å². The fourth-order valence-electron chi connectivity index (χ4n) is 2.05. The summed E-state index contributed by atoms with van der Waals surface area (Å²) < 4.78 is 7.12. The lowest BCUT2D eigenvalue weighted by molar-refractivity contribution is 0.576. The Balaban J connectivity index is 1.92. The molecule has 3 aromatic rings. The molecule has 0 unspecified atom stereocenters. The quantitative estimate of drug-likeness (QED) is 0.780.